The second-order valence-electron chi connectivity index (χ2n) is 5.88. The van der Waals surface area contributed by atoms with Crippen molar-refractivity contribution in [1.29, 1.82) is 0 Å². The molecular formula is C20H14N4OS. The predicted octanol–water partition coefficient (Wildman–Crippen LogP) is 4.71. The molecule has 3 aromatic heterocycles. The van der Waals surface area contributed by atoms with Crippen LogP contribution in [0, 0.1) is 0 Å². The maximum absolute atomic E-state index is 5.37. The van der Waals surface area contributed by atoms with Crippen LogP contribution in [0.3, 0.4) is 0 Å². The van der Waals surface area contributed by atoms with Gasteiger partial charge in [-0.2, -0.15) is 0 Å². The van der Waals surface area contributed by atoms with Gasteiger partial charge in [-0.05, 0) is 24.3 Å². The highest BCUT2D eigenvalue weighted by atomic mass is 32.1. The van der Waals surface area contributed by atoms with Crippen molar-refractivity contribution in [1.82, 2.24) is 19.5 Å². The van der Waals surface area contributed by atoms with Crippen LogP contribution in [-0.4, -0.2) is 26.6 Å². The first kappa shape index (κ1) is 15.0. The second-order valence-corrected chi connectivity index (χ2v) is 6.62. The highest BCUT2D eigenvalue weighted by Crippen LogP contribution is 2.31. The van der Waals surface area contributed by atoms with Crippen molar-refractivity contribution >= 4 is 33.3 Å². The zero-order chi connectivity index (χ0) is 17.5. The van der Waals surface area contributed by atoms with Gasteiger partial charge < -0.3 is 4.74 Å². The highest BCUT2D eigenvalue weighted by Gasteiger charge is 2.14. The maximum atomic E-state index is 5.37. The molecular weight excluding hydrogens is 344 g/mol. The van der Waals surface area contributed by atoms with E-state index < -0.39 is 0 Å². The van der Waals surface area contributed by atoms with Crippen molar-refractivity contribution in [2.45, 2.75) is 0 Å². The van der Waals surface area contributed by atoms with E-state index in [0.29, 0.717) is 5.95 Å². The first-order valence-corrected chi connectivity index (χ1v) is 9.08. The third-order valence-electron chi connectivity index (χ3n) is 4.34. The maximum Gasteiger partial charge on any atom is 0.236 e. The Morgan fingerprint density at radius 3 is 2.81 bits per heavy atom. The molecule has 0 spiro atoms. The summed E-state index contributed by atoms with van der Waals surface area (Å²) in [4.78, 5) is 14.1. The SMILES string of the molecule is COc1cccc(-c2nc(-n3cnc4ccccc43)nc3cscc23)c1. The van der Waals surface area contributed by atoms with E-state index in [1.54, 1.807) is 24.8 Å². The number of ether oxygens (including phenoxy) is 1. The number of thiophene rings is 1. The second kappa shape index (κ2) is 5.93. The van der Waals surface area contributed by atoms with Crippen molar-refractivity contribution in [3.05, 3.63) is 65.6 Å². The Balaban J connectivity index is 1.78. The molecule has 0 saturated heterocycles. The van der Waals surface area contributed by atoms with Crippen LogP contribution in [0.1, 0.15) is 0 Å². The molecule has 0 N–H and O–H groups in total. The lowest BCUT2D eigenvalue weighted by molar-refractivity contribution is 0.415. The largest absolute Gasteiger partial charge is 0.497 e. The summed E-state index contributed by atoms with van der Waals surface area (Å²) in [6.45, 7) is 0. The van der Waals surface area contributed by atoms with Gasteiger partial charge in [0.05, 0.1) is 29.4 Å². The number of methoxy groups -OCH3 is 1. The monoisotopic (exact) mass is 358 g/mol. The summed E-state index contributed by atoms with van der Waals surface area (Å²) < 4.78 is 7.30. The minimum absolute atomic E-state index is 0.613. The van der Waals surface area contributed by atoms with Gasteiger partial charge in [0.15, 0.2) is 0 Å². The van der Waals surface area contributed by atoms with Crippen LogP contribution in [0.5, 0.6) is 5.75 Å². The van der Waals surface area contributed by atoms with Crippen LogP contribution in [0.4, 0.5) is 0 Å². The van der Waals surface area contributed by atoms with Gasteiger partial charge in [-0.1, -0.05) is 24.3 Å². The molecule has 6 heteroatoms. The average molecular weight is 358 g/mol. The molecule has 0 saturated carbocycles. The molecule has 0 fully saturated rings. The quantitative estimate of drug-likeness (QED) is 0.469. The summed E-state index contributed by atoms with van der Waals surface area (Å²) in [6.07, 6.45) is 1.77. The van der Waals surface area contributed by atoms with Crippen molar-refractivity contribution < 1.29 is 4.74 Å². The Labute approximate surface area is 153 Å². The van der Waals surface area contributed by atoms with Gasteiger partial charge in [0.25, 0.3) is 0 Å². The number of para-hydroxylation sites is 2. The van der Waals surface area contributed by atoms with Crippen LogP contribution in [0.15, 0.2) is 65.6 Å². The summed E-state index contributed by atoms with van der Waals surface area (Å²) in [5, 5.41) is 5.17. The van der Waals surface area contributed by atoms with Crippen LogP contribution >= 0.6 is 11.3 Å². The highest BCUT2D eigenvalue weighted by molar-refractivity contribution is 7.09. The first-order chi connectivity index (χ1) is 12.8. The van der Waals surface area contributed by atoms with Gasteiger partial charge in [0.1, 0.15) is 12.1 Å². The molecule has 0 aliphatic carbocycles. The minimum Gasteiger partial charge on any atom is -0.497 e. The van der Waals surface area contributed by atoms with E-state index in [2.05, 4.69) is 10.4 Å². The lowest BCUT2D eigenvalue weighted by Gasteiger charge is -2.09. The van der Waals surface area contributed by atoms with Crippen LogP contribution in [-0.2, 0) is 0 Å². The molecule has 126 valence electrons. The number of imidazole rings is 1. The summed E-state index contributed by atoms with van der Waals surface area (Å²) in [5.41, 5.74) is 4.72. The molecule has 0 aliphatic rings. The molecule has 3 heterocycles. The number of hydrogen-bond acceptors (Lipinski definition) is 5. The zero-order valence-corrected chi connectivity index (χ0v) is 14.8. The first-order valence-electron chi connectivity index (χ1n) is 8.14. The average Bonchev–Trinajstić information content (AvgIpc) is 3.34. The Morgan fingerprint density at radius 1 is 0.962 bits per heavy atom. The molecule has 26 heavy (non-hydrogen) atoms. The summed E-state index contributed by atoms with van der Waals surface area (Å²) in [5.74, 6) is 1.42. The van der Waals surface area contributed by atoms with Gasteiger partial charge >= 0.3 is 0 Å². The van der Waals surface area contributed by atoms with Crippen LogP contribution < -0.4 is 4.74 Å². The Bertz CT molecular complexity index is 1240. The molecule has 0 bridgehead atoms. The molecule has 0 radical (unpaired) electrons. The molecule has 2 aromatic carbocycles. The Kier molecular flexibility index (Phi) is 3.43. The fourth-order valence-electron chi connectivity index (χ4n) is 3.06. The van der Waals surface area contributed by atoms with E-state index in [0.717, 1.165) is 38.9 Å². The number of aromatic nitrogens is 4. The van der Waals surface area contributed by atoms with E-state index in [-0.39, 0.29) is 0 Å². The molecule has 0 amide bonds. The van der Waals surface area contributed by atoms with Crippen LogP contribution in [0.2, 0.25) is 0 Å². The van der Waals surface area contributed by atoms with Gasteiger partial charge in [0.2, 0.25) is 5.95 Å². The number of benzene rings is 2. The van der Waals surface area contributed by atoms with E-state index in [1.165, 1.54) is 0 Å². The summed E-state index contributed by atoms with van der Waals surface area (Å²) in [7, 11) is 1.67. The predicted molar refractivity (Wildman–Crippen MR) is 104 cm³/mol. The Hall–Kier alpha value is -3.25. The lowest BCUT2D eigenvalue weighted by atomic mass is 10.1. The standard InChI is InChI=1S/C20H14N4OS/c1-25-14-6-4-5-13(9-14)19-15-10-26-11-17(15)22-20(23-19)24-12-21-16-7-2-3-8-18(16)24/h2-12H,1H3. The summed E-state index contributed by atoms with van der Waals surface area (Å²) >= 11 is 1.62. The fourth-order valence-corrected chi connectivity index (χ4v) is 3.81. The van der Waals surface area contributed by atoms with E-state index >= 15 is 0 Å². The van der Waals surface area contributed by atoms with Crippen LogP contribution in [0.25, 0.3) is 39.1 Å². The normalized spacial score (nSPS) is 11.3. The van der Waals surface area contributed by atoms with Gasteiger partial charge in [0, 0.05) is 21.7 Å². The van der Waals surface area contributed by atoms with E-state index in [9.17, 15) is 0 Å². The fraction of sp³-hybridized carbons (Fsp3) is 0.0500. The van der Waals surface area contributed by atoms with Gasteiger partial charge in [-0.3, -0.25) is 4.57 Å². The summed E-state index contributed by atoms with van der Waals surface area (Å²) in [6, 6.07) is 15.9. The Morgan fingerprint density at radius 2 is 1.88 bits per heavy atom. The third-order valence-corrected chi connectivity index (χ3v) is 5.07. The van der Waals surface area contributed by atoms with E-state index in [4.69, 9.17) is 14.7 Å². The number of hydrogen-bond donors (Lipinski definition) is 0. The number of nitrogens with zero attached hydrogens (tertiary/aromatic N) is 4. The van der Waals surface area contributed by atoms with Crippen molar-refractivity contribution in [3.8, 4) is 23.0 Å². The molecule has 5 aromatic rings. The molecule has 0 aliphatic heterocycles. The minimum atomic E-state index is 0.613. The molecule has 0 unspecified atom stereocenters. The molecule has 0 atom stereocenters. The van der Waals surface area contributed by atoms with E-state index in [1.807, 2.05) is 58.5 Å². The third kappa shape index (κ3) is 2.34. The van der Waals surface area contributed by atoms with Gasteiger partial charge in [-0.25, -0.2) is 15.0 Å². The lowest BCUT2D eigenvalue weighted by Crippen LogP contribution is -2.01. The van der Waals surface area contributed by atoms with Crippen molar-refractivity contribution in [2.75, 3.05) is 7.11 Å². The molecule has 5 rings (SSSR count). The number of rotatable bonds is 3. The van der Waals surface area contributed by atoms with Crippen molar-refractivity contribution in [2.24, 2.45) is 0 Å². The van der Waals surface area contributed by atoms with Crippen molar-refractivity contribution in [3.63, 3.8) is 0 Å². The smallest absolute Gasteiger partial charge is 0.236 e. The zero-order valence-electron chi connectivity index (χ0n) is 14.0. The number of fused-ring (bicyclic) bond motifs is 2. The van der Waals surface area contributed by atoms with Gasteiger partial charge in [-0.15, -0.1) is 11.3 Å². The molecule has 5 nitrogen and oxygen atoms in total. The topological polar surface area (TPSA) is 52.8 Å².